The van der Waals surface area contributed by atoms with E-state index in [9.17, 15) is 0 Å². The summed E-state index contributed by atoms with van der Waals surface area (Å²) in [5, 5.41) is 24.2. The monoisotopic (exact) mass is 466 g/mol. The SMILES string of the molecule is N=C=O.N=C=O.N=C=O.N=C=O.c1ccc2c(c1)Cc1ccccc1-2.c1ccc2ccccc2c1. The van der Waals surface area contributed by atoms with Gasteiger partial charge in [-0.2, -0.15) is 0 Å². The quantitative estimate of drug-likeness (QED) is 0.170. The van der Waals surface area contributed by atoms with Gasteiger partial charge < -0.3 is 0 Å². The third kappa shape index (κ3) is 11.2. The number of hydrogen-bond acceptors (Lipinski definition) is 8. The van der Waals surface area contributed by atoms with Crippen LogP contribution in [0, 0.1) is 21.6 Å². The summed E-state index contributed by atoms with van der Waals surface area (Å²) >= 11 is 0. The highest BCUT2D eigenvalue weighted by molar-refractivity contribution is 5.82. The first-order valence-electron chi connectivity index (χ1n) is 9.83. The number of hydrogen-bond donors (Lipinski definition) is 4. The highest BCUT2D eigenvalue weighted by atomic mass is 16.1. The molecule has 0 amide bonds. The van der Waals surface area contributed by atoms with E-state index in [4.69, 9.17) is 40.8 Å². The Kier molecular flexibility index (Phi) is 16.4. The third-order valence-electron chi connectivity index (χ3n) is 4.36. The second-order valence-corrected chi connectivity index (χ2v) is 6.25. The molecule has 0 aliphatic heterocycles. The van der Waals surface area contributed by atoms with Crippen molar-refractivity contribution in [2.45, 2.75) is 6.42 Å². The van der Waals surface area contributed by atoms with Gasteiger partial charge in [0.05, 0.1) is 0 Å². The van der Waals surface area contributed by atoms with Crippen molar-refractivity contribution in [3.05, 3.63) is 108 Å². The molecule has 0 fully saturated rings. The van der Waals surface area contributed by atoms with Gasteiger partial charge in [0.15, 0.2) is 0 Å². The molecular formula is C27H22N4O4. The number of rotatable bonds is 0. The summed E-state index contributed by atoms with van der Waals surface area (Å²) in [6, 6.07) is 34.0. The van der Waals surface area contributed by atoms with Gasteiger partial charge in [-0.25, -0.2) is 40.8 Å². The van der Waals surface area contributed by atoms with Crippen LogP contribution in [0.25, 0.3) is 21.9 Å². The number of isocyanates is 4. The number of fused-ring (bicyclic) bond motifs is 4. The molecule has 4 aromatic rings. The molecule has 4 N–H and O–H groups in total. The van der Waals surface area contributed by atoms with E-state index in [1.54, 1.807) is 0 Å². The van der Waals surface area contributed by atoms with Crippen LogP contribution in [0.1, 0.15) is 11.1 Å². The Hall–Kier alpha value is -5.34. The first-order valence-corrected chi connectivity index (χ1v) is 9.83. The molecule has 35 heavy (non-hydrogen) atoms. The fourth-order valence-electron chi connectivity index (χ4n) is 3.21. The van der Waals surface area contributed by atoms with E-state index in [1.165, 1.54) is 33.0 Å². The van der Waals surface area contributed by atoms with E-state index in [-0.39, 0.29) is 0 Å². The predicted octanol–water partition coefficient (Wildman–Crippen LogP) is 5.70. The Morgan fingerprint density at radius 3 is 0.943 bits per heavy atom. The number of benzene rings is 4. The van der Waals surface area contributed by atoms with Gasteiger partial charge in [0.25, 0.3) is 0 Å². The van der Waals surface area contributed by atoms with Crippen molar-refractivity contribution in [1.82, 2.24) is 0 Å². The molecule has 4 aromatic carbocycles. The lowest BCUT2D eigenvalue weighted by Gasteiger charge is -1.98. The molecule has 8 heteroatoms. The van der Waals surface area contributed by atoms with E-state index in [2.05, 4.69) is 97.1 Å². The van der Waals surface area contributed by atoms with Gasteiger partial charge in [-0.1, -0.05) is 97.1 Å². The lowest BCUT2D eigenvalue weighted by molar-refractivity contribution is 0.562. The Balaban J connectivity index is 0.000000466. The van der Waals surface area contributed by atoms with Gasteiger partial charge in [0, 0.05) is 0 Å². The summed E-state index contributed by atoms with van der Waals surface area (Å²) in [7, 11) is 0. The van der Waals surface area contributed by atoms with E-state index < -0.39 is 0 Å². The number of nitrogens with one attached hydrogen (secondary N) is 4. The van der Waals surface area contributed by atoms with Crippen molar-refractivity contribution < 1.29 is 19.2 Å². The highest BCUT2D eigenvalue weighted by Gasteiger charge is 2.15. The normalized spacial score (nSPS) is 8.34. The Bertz CT molecular complexity index is 1170. The van der Waals surface area contributed by atoms with E-state index in [0.29, 0.717) is 0 Å². The van der Waals surface area contributed by atoms with Crippen LogP contribution in [0.3, 0.4) is 0 Å². The number of carbonyl (C=O) groups excluding carboxylic acids is 4. The van der Waals surface area contributed by atoms with Crippen LogP contribution >= 0.6 is 0 Å². The minimum absolute atomic E-state index is 0.750. The second kappa shape index (κ2) is 19.4. The zero-order chi connectivity index (χ0) is 26.3. The van der Waals surface area contributed by atoms with Crippen LogP contribution in [-0.4, -0.2) is 24.3 Å². The topological polar surface area (TPSA) is 164 Å². The summed E-state index contributed by atoms with van der Waals surface area (Å²) in [5.74, 6) is 0. The molecule has 0 atom stereocenters. The van der Waals surface area contributed by atoms with E-state index in [1.807, 2.05) is 0 Å². The molecule has 5 rings (SSSR count). The van der Waals surface area contributed by atoms with Gasteiger partial charge in [0.2, 0.25) is 24.3 Å². The van der Waals surface area contributed by atoms with Crippen LogP contribution in [0.5, 0.6) is 0 Å². The molecule has 0 spiro atoms. The molecule has 0 bridgehead atoms. The zero-order valence-corrected chi connectivity index (χ0v) is 18.6. The first kappa shape index (κ1) is 29.7. The Morgan fingerprint density at radius 1 is 0.429 bits per heavy atom. The molecule has 174 valence electrons. The van der Waals surface area contributed by atoms with Crippen LogP contribution in [0.4, 0.5) is 0 Å². The molecule has 0 heterocycles. The molecule has 0 aromatic heterocycles. The standard InChI is InChI=1S/C13H10.C10H8.4CHNO/c1-3-7-12-10(5-1)9-11-6-2-4-8-13(11)12;1-2-6-10-8-4-3-7-9(10)5-1;4*2-1-3/h1-8H,9H2;1-8H;4*2H. The van der Waals surface area contributed by atoms with Gasteiger partial charge in [0.1, 0.15) is 0 Å². The van der Waals surface area contributed by atoms with Crippen molar-refractivity contribution in [1.29, 1.82) is 21.6 Å². The average Bonchev–Trinajstić information content (AvgIpc) is 3.25. The fourth-order valence-corrected chi connectivity index (χ4v) is 3.21. The predicted molar refractivity (Wildman–Crippen MR) is 132 cm³/mol. The molecule has 0 saturated heterocycles. The van der Waals surface area contributed by atoms with Crippen LogP contribution in [0.15, 0.2) is 97.1 Å². The minimum atomic E-state index is 0.750. The molecule has 0 unspecified atom stereocenters. The van der Waals surface area contributed by atoms with Crippen LogP contribution in [0.2, 0.25) is 0 Å². The lowest BCUT2D eigenvalue weighted by atomic mass is 10.1. The summed E-state index contributed by atoms with van der Waals surface area (Å²) < 4.78 is 0. The maximum Gasteiger partial charge on any atom is 0.231 e. The fraction of sp³-hybridized carbons (Fsp3) is 0.0370. The van der Waals surface area contributed by atoms with Gasteiger partial charge in [-0.05, 0) is 39.4 Å². The van der Waals surface area contributed by atoms with Crippen molar-refractivity contribution in [2.24, 2.45) is 0 Å². The minimum Gasteiger partial charge on any atom is -0.222 e. The highest BCUT2D eigenvalue weighted by Crippen LogP contribution is 2.35. The molecule has 1 aliphatic carbocycles. The van der Waals surface area contributed by atoms with Crippen molar-refractivity contribution >= 4 is 35.1 Å². The zero-order valence-electron chi connectivity index (χ0n) is 18.6. The first-order chi connectivity index (χ1) is 17.1. The molecule has 8 nitrogen and oxygen atoms in total. The Labute approximate surface area is 201 Å². The molecular weight excluding hydrogens is 444 g/mol. The maximum absolute atomic E-state index is 8.35. The van der Waals surface area contributed by atoms with E-state index in [0.717, 1.165) is 30.7 Å². The average molecular weight is 466 g/mol. The van der Waals surface area contributed by atoms with Crippen LogP contribution in [-0.2, 0) is 25.6 Å². The molecule has 0 radical (unpaired) electrons. The maximum atomic E-state index is 8.35. The Morgan fingerprint density at radius 2 is 0.657 bits per heavy atom. The van der Waals surface area contributed by atoms with Crippen molar-refractivity contribution in [3.8, 4) is 11.1 Å². The summed E-state index contributed by atoms with van der Waals surface area (Å²) in [6.45, 7) is 0. The molecule has 1 aliphatic rings. The molecule has 0 saturated carbocycles. The summed E-state index contributed by atoms with van der Waals surface area (Å²) in [6.07, 6.45) is 4.10. The summed E-state index contributed by atoms with van der Waals surface area (Å²) in [5.41, 5.74) is 5.75. The van der Waals surface area contributed by atoms with Gasteiger partial charge in [-0.3, -0.25) is 0 Å². The van der Waals surface area contributed by atoms with Gasteiger partial charge >= 0.3 is 0 Å². The van der Waals surface area contributed by atoms with Crippen LogP contribution < -0.4 is 0 Å². The van der Waals surface area contributed by atoms with E-state index >= 15 is 0 Å². The van der Waals surface area contributed by atoms with Gasteiger partial charge in [-0.15, -0.1) is 0 Å². The largest absolute Gasteiger partial charge is 0.231 e. The second-order valence-electron chi connectivity index (χ2n) is 6.25. The lowest BCUT2D eigenvalue weighted by Crippen LogP contribution is -1.77. The third-order valence-corrected chi connectivity index (χ3v) is 4.36. The smallest absolute Gasteiger partial charge is 0.222 e. The van der Waals surface area contributed by atoms with Crippen molar-refractivity contribution in [3.63, 3.8) is 0 Å². The summed E-state index contributed by atoms with van der Waals surface area (Å²) in [4.78, 5) is 33.4. The van der Waals surface area contributed by atoms with Crippen molar-refractivity contribution in [2.75, 3.05) is 0 Å².